The first-order chi connectivity index (χ1) is 6.09. The minimum atomic E-state index is -0.0760. The van der Waals surface area contributed by atoms with E-state index in [-0.39, 0.29) is 5.91 Å². The topological polar surface area (TPSA) is 55.1 Å². The molecule has 0 aromatic heterocycles. The summed E-state index contributed by atoms with van der Waals surface area (Å²) in [6.45, 7) is 1.90. The van der Waals surface area contributed by atoms with Crippen LogP contribution in [-0.2, 0) is 11.3 Å². The first-order valence-electron chi connectivity index (χ1n) is 3.88. The van der Waals surface area contributed by atoms with Crippen molar-refractivity contribution in [3.8, 4) is 0 Å². The molecule has 1 aromatic rings. The van der Waals surface area contributed by atoms with Gasteiger partial charge in [0.05, 0.1) is 0 Å². The van der Waals surface area contributed by atoms with E-state index in [2.05, 4.69) is 5.32 Å². The van der Waals surface area contributed by atoms with Crippen LogP contribution in [0.4, 0.5) is 5.69 Å². The Bertz CT molecular complexity index is 325. The number of anilines is 1. The number of nitrogens with two attached hydrogens (primary N) is 1. The Balaban J connectivity index is 2.72. The summed E-state index contributed by atoms with van der Waals surface area (Å²) in [5.41, 5.74) is 7.00. The Hall–Kier alpha value is -1.22. The third-order valence-electron chi connectivity index (χ3n) is 1.60. The lowest BCUT2D eigenvalue weighted by atomic mass is 10.2. The summed E-state index contributed by atoms with van der Waals surface area (Å²) in [7, 11) is 0. The molecule has 0 fully saturated rings. The number of rotatable bonds is 2. The number of hydrogen-bond acceptors (Lipinski definition) is 2. The second-order valence-electron chi connectivity index (χ2n) is 2.76. The molecule has 0 radical (unpaired) electrons. The van der Waals surface area contributed by atoms with Gasteiger partial charge in [-0.25, -0.2) is 0 Å². The highest BCUT2D eigenvalue weighted by Crippen LogP contribution is 2.18. The molecule has 1 amide bonds. The summed E-state index contributed by atoms with van der Waals surface area (Å²) in [5.74, 6) is -0.0760. The van der Waals surface area contributed by atoms with Crippen molar-refractivity contribution in [1.29, 1.82) is 0 Å². The van der Waals surface area contributed by atoms with Gasteiger partial charge in [-0.05, 0) is 17.7 Å². The standard InChI is InChI=1S/C9H11ClN2O/c1-6(13)12-5-7-2-3-8(11)4-9(7)10/h2-4H,5,11H2,1H3,(H,12,13). The molecule has 0 heterocycles. The normalized spacial score (nSPS) is 9.69. The molecule has 0 unspecified atom stereocenters. The van der Waals surface area contributed by atoms with Gasteiger partial charge in [0.1, 0.15) is 0 Å². The van der Waals surface area contributed by atoms with Gasteiger partial charge in [-0.2, -0.15) is 0 Å². The number of amides is 1. The van der Waals surface area contributed by atoms with E-state index in [1.165, 1.54) is 6.92 Å². The van der Waals surface area contributed by atoms with Crippen molar-refractivity contribution in [2.75, 3.05) is 5.73 Å². The summed E-state index contributed by atoms with van der Waals surface area (Å²) >= 11 is 5.88. The largest absolute Gasteiger partial charge is 0.399 e. The quantitative estimate of drug-likeness (QED) is 0.709. The van der Waals surface area contributed by atoms with Gasteiger partial charge >= 0.3 is 0 Å². The third-order valence-corrected chi connectivity index (χ3v) is 1.96. The SMILES string of the molecule is CC(=O)NCc1ccc(N)cc1Cl. The van der Waals surface area contributed by atoms with Crippen molar-refractivity contribution in [3.63, 3.8) is 0 Å². The Morgan fingerprint density at radius 2 is 2.31 bits per heavy atom. The number of benzene rings is 1. The van der Waals surface area contributed by atoms with Gasteiger partial charge in [-0.1, -0.05) is 17.7 Å². The highest BCUT2D eigenvalue weighted by atomic mass is 35.5. The smallest absolute Gasteiger partial charge is 0.217 e. The lowest BCUT2D eigenvalue weighted by Gasteiger charge is -2.05. The molecule has 0 atom stereocenters. The number of nitrogens with one attached hydrogen (secondary N) is 1. The fourth-order valence-electron chi connectivity index (χ4n) is 0.927. The van der Waals surface area contributed by atoms with Gasteiger partial charge in [0.15, 0.2) is 0 Å². The molecule has 0 spiro atoms. The van der Waals surface area contributed by atoms with Crippen LogP contribution in [0.2, 0.25) is 5.02 Å². The van der Waals surface area contributed by atoms with Gasteiger partial charge in [-0.3, -0.25) is 4.79 Å². The van der Waals surface area contributed by atoms with E-state index in [0.717, 1.165) is 5.56 Å². The minimum Gasteiger partial charge on any atom is -0.399 e. The highest BCUT2D eigenvalue weighted by Gasteiger charge is 2.00. The van der Waals surface area contributed by atoms with Crippen LogP contribution in [0.15, 0.2) is 18.2 Å². The number of carbonyl (C=O) groups is 1. The average Bonchev–Trinajstić information content (AvgIpc) is 2.02. The number of nitrogen functional groups attached to an aromatic ring is 1. The second kappa shape index (κ2) is 4.14. The fraction of sp³-hybridized carbons (Fsp3) is 0.222. The zero-order valence-corrected chi connectivity index (χ0v) is 8.06. The zero-order valence-electron chi connectivity index (χ0n) is 7.30. The highest BCUT2D eigenvalue weighted by molar-refractivity contribution is 6.31. The van der Waals surface area contributed by atoms with E-state index < -0.39 is 0 Å². The lowest BCUT2D eigenvalue weighted by molar-refractivity contribution is -0.119. The van der Waals surface area contributed by atoms with Crippen molar-refractivity contribution >= 4 is 23.2 Å². The van der Waals surface area contributed by atoms with Crippen LogP contribution in [0.3, 0.4) is 0 Å². The third kappa shape index (κ3) is 2.95. The van der Waals surface area contributed by atoms with Crippen molar-refractivity contribution in [3.05, 3.63) is 28.8 Å². The van der Waals surface area contributed by atoms with Crippen LogP contribution in [0.25, 0.3) is 0 Å². The average molecular weight is 199 g/mol. The number of carbonyl (C=O) groups excluding carboxylic acids is 1. The molecule has 1 rings (SSSR count). The summed E-state index contributed by atoms with van der Waals surface area (Å²) in [4.78, 5) is 10.6. The van der Waals surface area contributed by atoms with E-state index in [4.69, 9.17) is 17.3 Å². The van der Waals surface area contributed by atoms with Gasteiger partial charge in [0.25, 0.3) is 0 Å². The Labute approximate surface area is 81.9 Å². The van der Waals surface area contributed by atoms with Gasteiger partial charge in [-0.15, -0.1) is 0 Å². The fourth-order valence-corrected chi connectivity index (χ4v) is 1.18. The Kier molecular flexibility index (Phi) is 3.14. The summed E-state index contributed by atoms with van der Waals surface area (Å²) < 4.78 is 0. The predicted molar refractivity (Wildman–Crippen MR) is 53.4 cm³/mol. The molecule has 3 nitrogen and oxygen atoms in total. The van der Waals surface area contributed by atoms with Crippen LogP contribution < -0.4 is 11.1 Å². The first kappa shape index (κ1) is 9.86. The number of halogens is 1. The van der Waals surface area contributed by atoms with Crippen LogP contribution in [-0.4, -0.2) is 5.91 Å². The predicted octanol–water partition coefficient (Wildman–Crippen LogP) is 1.56. The molecule has 0 saturated heterocycles. The van der Waals surface area contributed by atoms with Crippen molar-refractivity contribution < 1.29 is 4.79 Å². The monoisotopic (exact) mass is 198 g/mol. The zero-order chi connectivity index (χ0) is 9.84. The van der Waals surface area contributed by atoms with E-state index in [9.17, 15) is 4.79 Å². The molecular formula is C9H11ClN2O. The molecular weight excluding hydrogens is 188 g/mol. The molecule has 0 aliphatic rings. The molecule has 0 bridgehead atoms. The molecule has 70 valence electrons. The minimum absolute atomic E-state index is 0.0760. The Morgan fingerprint density at radius 3 is 2.85 bits per heavy atom. The van der Waals surface area contributed by atoms with E-state index in [1.54, 1.807) is 18.2 Å². The van der Waals surface area contributed by atoms with Gasteiger partial charge < -0.3 is 11.1 Å². The van der Waals surface area contributed by atoms with E-state index in [0.29, 0.717) is 17.3 Å². The number of hydrogen-bond donors (Lipinski definition) is 2. The summed E-state index contributed by atoms with van der Waals surface area (Å²) in [5, 5.41) is 3.24. The van der Waals surface area contributed by atoms with Crippen LogP contribution in [0.5, 0.6) is 0 Å². The maximum atomic E-state index is 10.6. The molecule has 3 N–H and O–H groups in total. The van der Waals surface area contributed by atoms with Crippen LogP contribution >= 0.6 is 11.6 Å². The molecule has 13 heavy (non-hydrogen) atoms. The molecule has 4 heteroatoms. The van der Waals surface area contributed by atoms with Crippen molar-refractivity contribution in [2.45, 2.75) is 13.5 Å². The van der Waals surface area contributed by atoms with Gasteiger partial charge in [0.2, 0.25) is 5.91 Å². The summed E-state index contributed by atoms with van der Waals surface area (Å²) in [6, 6.07) is 5.22. The van der Waals surface area contributed by atoms with Gasteiger partial charge in [0, 0.05) is 24.2 Å². The van der Waals surface area contributed by atoms with E-state index >= 15 is 0 Å². The molecule has 0 aliphatic carbocycles. The molecule has 0 aliphatic heterocycles. The van der Waals surface area contributed by atoms with Crippen molar-refractivity contribution in [1.82, 2.24) is 5.32 Å². The summed E-state index contributed by atoms with van der Waals surface area (Å²) in [6.07, 6.45) is 0. The maximum absolute atomic E-state index is 10.6. The van der Waals surface area contributed by atoms with Crippen LogP contribution in [0, 0.1) is 0 Å². The molecule has 0 saturated carbocycles. The first-order valence-corrected chi connectivity index (χ1v) is 4.25. The molecule has 1 aromatic carbocycles. The van der Waals surface area contributed by atoms with Crippen LogP contribution in [0.1, 0.15) is 12.5 Å². The second-order valence-corrected chi connectivity index (χ2v) is 3.17. The lowest BCUT2D eigenvalue weighted by Crippen LogP contribution is -2.19. The maximum Gasteiger partial charge on any atom is 0.217 e. The van der Waals surface area contributed by atoms with Crippen molar-refractivity contribution in [2.24, 2.45) is 0 Å². The van der Waals surface area contributed by atoms with E-state index in [1.807, 2.05) is 0 Å². The Morgan fingerprint density at radius 1 is 1.62 bits per heavy atom.